The van der Waals surface area contributed by atoms with E-state index >= 15 is 0 Å². The minimum atomic E-state index is -0.568. The van der Waals surface area contributed by atoms with Gasteiger partial charge in [-0.2, -0.15) is 0 Å². The third-order valence-electron chi connectivity index (χ3n) is 12.2. The summed E-state index contributed by atoms with van der Waals surface area (Å²) in [5, 5.41) is 2.95. The minimum absolute atomic E-state index is 0. The maximum absolute atomic E-state index is 13.9. The fraction of sp³-hybridized carbons (Fsp3) is 0.556. The van der Waals surface area contributed by atoms with Gasteiger partial charge in [-0.3, -0.25) is 9.59 Å². The van der Waals surface area contributed by atoms with E-state index in [-0.39, 0.29) is 37.6 Å². The summed E-state index contributed by atoms with van der Waals surface area (Å²) in [6, 6.07) is 30.7. The highest BCUT2D eigenvalue weighted by atomic mass is 35.5. The summed E-state index contributed by atoms with van der Waals surface area (Å²) in [6.45, 7) is 25.1. The molecule has 2 aliphatic rings. The zero-order valence-electron chi connectivity index (χ0n) is 49.0. The van der Waals surface area contributed by atoms with Crippen molar-refractivity contribution in [3.05, 3.63) is 119 Å². The minimum Gasteiger partial charge on any atom is -0.490 e. The van der Waals surface area contributed by atoms with Crippen LogP contribution in [0, 0.1) is 0 Å². The quantitative estimate of drug-likeness (QED) is 0.0585. The van der Waals surface area contributed by atoms with Crippen LogP contribution in [0.3, 0.4) is 0 Å². The average Bonchev–Trinajstić information content (AvgIpc) is 3.46. The van der Waals surface area contributed by atoms with Crippen LogP contribution >= 0.6 is 11.6 Å². The standard InChI is InChI=1S/C31H44N2O6.C18H19ClO4.C13H26N2O2.CH4/c1-23(2)33(26-14-10-17-32(21-26)30(35)39-31(3,4)5)29(34)25-15-16-27(28(20-25)37-19-11-18-36-6)38-22-24-12-8-7-9-13-24;1-21-10-5-11-22-17-12-15(18(19)20)8-9-16(17)23-13-14-6-3-2-4-7-14;1-10(2)14-11-7-6-8-15(9-11)12(16)17-13(3,4)5;/h7-9,12-13,15-16,20,23,26H,10-11,14,17-19,21-22H2,1-6H3;2-4,6-9,12H,5,10-11,13H2,1H3;10-11,14H,6-9H2,1-5H3;1H4/t26-;;11-;/m1.1./s1. The molecule has 4 aromatic rings. The van der Waals surface area contributed by atoms with Crippen molar-refractivity contribution >= 4 is 34.9 Å². The van der Waals surface area contributed by atoms with E-state index < -0.39 is 16.4 Å². The van der Waals surface area contributed by atoms with E-state index in [1.54, 1.807) is 55.5 Å². The maximum atomic E-state index is 13.9. The van der Waals surface area contributed by atoms with Crippen molar-refractivity contribution in [2.75, 3.05) is 66.8 Å². The molecule has 2 atom stereocenters. The summed E-state index contributed by atoms with van der Waals surface area (Å²) >= 11 is 5.53. The normalized spacial score (nSPS) is 15.2. The van der Waals surface area contributed by atoms with Gasteiger partial charge in [0.05, 0.1) is 19.3 Å². The zero-order chi connectivity index (χ0) is 58.0. The third kappa shape index (κ3) is 25.2. The van der Waals surface area contributed by atoms with Crippen molar-refractivity contribution in [3.8, 4) is 23.0 Å². The number of ether oxygens (including phenoxy) is 8. The zero-order valence-corrected chi connectivity index (χ0v) is 49.7. The van der Waals surface area contributed by atoms with E-state index in [1.165, 1.54) is 0 Å². The molecule has 6 rings (SSSR count). The molecule has 3 amide bonds. The molecule has 1 N–H and O–H groups in total. The number of carbonyl (C=O) groups is 4. The number of hydrogen-bond donors (Lipinski definition) is 1. The van der Waals surface area contributed by atoms with Gasteiger partial charge in [0.2, 0.25) is 0 Å². The van der Waals surface area contributed by atoms with E-state index in [4.69, 9.17) is 49.5 Å². The predicted octanol–water partition coefficient (Wildman–Crippen LogP) is 13.0. The molecule has 0 radical (unpaired) electrons. The number of rotatable bonds is 22. The van der Waals surface area contributed by atoms with E-state index in [9.17, 15) is 19.2 Å². The summed E-state index contributed by atoms with van der Waals surface area (Å²) in [4.78, 5) is 55.3. The van der Waals surface area contributed by atoms with Gasteiger partial charge in [-0.1, -0.05) is 81.9 Å². The van der Waals surface area contributed by atoms with Crippen molar-refractivity contribution in [1.29, 1.82) is 0 Å². The Morgan fingerprint density at radius 3 is 1.49 bits per heavy atom. The van der Waals surface area contributed by atoms with Gasteiger partial charge in [-0.25, -0.2) is 9.59 Å². The molecule has 2 fully saturated rings. The molecule has 0 saturated carbocycles. The smallest absolute Gasteiger partial charge is 0.410 e. The second-order valence-electron chi connectivity index (χ2n) is 22.2. The van der Waals surface area contributed by atoms with E-state index in [0.717, 1.165) is 56.3 Å². The Morgan fingerprint density at radius 1 is 0.600 bits per heavy atom. The second-order valence-corrected chi connectivity index (χ2v) is 22.5. The van der Waals surface area contributed by atoms with Gasteiger partial charge < -0.3 is 57.9 Å². The van der Waals surface area contributed by atoms with Gasteiger partial charge in [0.25, 0.3) is 11.1 Å². The number of methoxy groups -OCH3 is 2. The van der Waals surface area contributed by atoms with Gasteiger partial charge in [0, 0.05) is 95.7 Å². The van der Waals surface area contributed by atoms with Gasteiger partial charge in [-0.15, -0.1) is 0 Å². The van der Waals surface area contributed by atoms with Crippen LogP contribution in [0.2, 0.25) is 0 Å². The molecule has 16 nitrogen and oxygen atoms in total. The van der Waals surface area contributed by atoms with E-state index in [2.05, 4.69) is 19.2 Å². The Bertz CT molecular complexity index is 2450. The summed E-state index contributed by atoms with van der Waals surface area (Å²) in [7, 11) is 3.30. The van der Waals surface area contributed by atoms with Crippen LogP contribution in [0.1, 0.15) is 147 Å². The molecule has 80 heavy (non-hydrogen) atoms. The SMILES string of the molecule is C.CC(C)N[C@@H]1CCCN(C(=O)OC(C)(C)C)C1.COCCCOc1cc(C(=O)Cl)ccc1OCc1ccccc1.COCCCOc1cc(C(=O)N(C(C)C)[C@@H]2CCCN(C(=O)OC(C)(C)C)C2)ccc1OCc1ccccc1. The first kappa shape index (κ1) is 68.2. The molecule has 2 aliphatic heterocycles. The van der Waals surface area contributed by atoms with Crippen molar-refractivity contribution in [2.45, 2.75) is 164 Å². The van der Waals surface area contributed by atoms with E-state index in [1.807, 2.05) is 126 Å². The molecule has 444 valence electrons. The van der Waals surface area contributed by atoms with E-state index in [0.29, 0.717) is 105 Å². The summed E-state index contributed by atoms with van der Waals surface area (Å²) in [6.07, 6.45) is 4.74. The molecule has 0 aliphatic carbocycles. The number of piperidine rings is 2. The second kappa shape index (κ2) is 34.9. The van der Waals surface area contributed by atoms with Crippen molar-refractivity contribution in [1.82, 2.24) is 20.0 Å². The number of amides is 3. The fourth-order valence-corrected chi connectivity index (χ4v) is 8.82. The lowest BCUT2D eigenvalue weighted by Crippen LogP contribution is -2.54. The topological polar surface area (TPSA) is 164 Å². The molecule has 17 heteroatoms. The highest BCUT2D eigenvalue weighted by Crippen LogP contribution is 2.33. The number of benzene rings is 4. The Hall–Kier alpha value is -6.07. The van der Waals surface area contributed by atoms with Gasteiger partial charge in [-0.05, 0) is 140 Å². The first-order valence-electron chi connectivity index (χ1n) is 27.7. The number of nitrogens with zero attached hydrogens (tertiary/aromatic N) is 3. The van der Waals surface area contributed by atoms with Crippen LogP contribution in [0.25, 0.3) is 0 Å². The number of nitrogens with one attached hydrogen (secondary N) is 1. The Balaban J connectivity index is 0.000000347. The number of carbonyl (C=O) groups excluding carboxylic acids is 4. The monoisotopic (exact) mass is 1130 g/mol. The van der Waals surface area contributed by atoms with Crippen LogP contribution in [0.15, 0.2) is 97.1 Å². The van der Waals surface area contributed by atoms with Gasteiger partial charge in [0.15, 0.2) is 23.0 Å². The Labute approximate surface area is 483 Å². The molecule has 4 aromatic carbocycles. The highest BCUT2D eigenvalue weighted by molar-refractivity contribution is 6.67. The molecular weight excluding hydrogens is 1040 g/mol. The van der Waals surface area contributed by atoms with Crippen LogP contribution in [-0.4, -0.2) is 140 Å². The van der Waals surface area contributed by atoms with Gasteiger partial charge in [0.1, 0.15) is 24.4 Å². The summed E-state index contributed by atoms with van der Waals surface area (Å²) in [5.41, 5.74) is 2.01. The number of hydrogen-bond acceptors (Lipinski definition) is 13. The fourth-order valence-electron chi connectivity index (χ4n) is 8.70. The highest BCUT2D eigenvalue weighted by Gasteiger charge is 2.35. The Morgan fingerprint density at radius 2 is 1.05 bits per heavy atom. The molecule has 0 unspecified atom stereocenters. The molecule has 2 heterocycles. The van der Waals surface area contributed by atoms with Crippen LogP contribution < -0.4 is 24.3 Å². The van der Waals surface area contributed by atoms with Crippen molar-refractivity contribution in [3.63, 3.8) is 0 Å². The average molecular weight is 1130 g/mol. The van der Waals surface area contributed by atoms with Crippen LogP contribution in [0.4, 0.5) is 9.59 Å². The molecule has 2 saturated heterocycles. The summed E-state index contributed by atoms with van der Waals surface area (Å²) < 4.78 is 44.8. The molecule has 0 aromatic heterocycles. The summed E-state index contributed by atoms with van der Waals surface area (Å²) in [5.74, 6) is 2.09. The lowest BCUT2D eigenvalue weighted by Gasteiger charge is -2.41. The Kier molecular flexibility index (Phi) is 29.8. The molecular formula is C63H93ClN4O12. The third-order valence-corrected chi connectivity index (χ3v) is 12.4. The first-order chi connectivity index (χ1) is 37.6. The lowest BCUT2D eigenvalue weighted by molar-refractivity contribution is 0.00749. The number of likely N-dealkylation sites (tertiary alicyclic amines) is 2. The predicted molar refractivity (Wildman–Crippen MR) is 317 cm³/mol. The van der Waals surface area contributed by atoms with Crippen molar-refractivity contribution in [2.24, 2.45) is 0 Å². The first-order valence-corrected chi connectivity index (χ1v) is 28.0. The molecule has 0 bridgehead atoms. The van der Waals surface area contributed by atoms with Crippen molar-refractivity contribution < 1.29 is 57.1 Å². The molecule has 0 spiro atoms. The maximum Gasteiger partial charge on any atom is 0.410 e. The van der Waals surface area contributed by atoms with Gasteiger partial charge >= 0.3 is 12.2 Å². The number of halogens is 1. The largest absolute Gasteiger partial charge is 0.490 e. The van der Waals surface area contributed by atoms with Crippen LogP contribution in [-0.2, 0) is 32.2 Å². The van der Waals surface area contributed by atoms with Crippen LogP contribution in [0.5, 0.6) is 23.0 Å². The lowest BCUT2D eigenvalue weighted by atomic mass is 10.0.